The summed E-state index contributed by atoms with van der Waals surface area (Å²) in [5.74, 6) is -1.12. The first-order chi connectivity index (χ1) is 17.1. The number of hydrogen-bond donors (Lipinski definition) is 1. The van der Waals surface area contributed by atoms with Gasteiger partial charge in [-0.05, 0) is 48.4 Å². The Morgan fingerprint density at radius 1 is 0.800 bits per heavy atom. The summed E-state index contributed by atoms with van der Waals surface area (Å²) in [7, 11) is 0. The molecular weight excluding hydrogens is 436 g/mol. The Labute approximate surface area is 207 Å². The van der Waals surface area contributed by atoms with Crippen molar-refractivity contribution >= 4 is 11.9 Å². The molecule has 5 rings (SSSR count). The summed E-state index contributed by atoms with van der Waals surface area (Å²) in [6.07, 6.45) is 2.69. The van der Waals surface area contributed by atoms with Gasteiger partial charge in [-0.2, -0.15) is 0 Å². The van der Waals surface area contributed by atoms with Crippen LogP contribution in [0.15, 0.2) is 91.0 Å². The minimum absolute atomic E-state index is 0.0544. The van der Waals surface area contributed by atoms with E-state index in [1.54, 1.807) is 4.90 Å². The zero-order valence-electron chi connectivity index (χ0n) is 19.9. The minimum atomic E-state index is -0.919. The SMILES string of the molecule is O=C(O)[C@H]1C[C@@H](N2CCC[C@@H](c3ccccc3)C2)CN1C(=O)C(c1ccccc1)c1ccccc1. The summed E-state index contributed by atoms with van der Waals surface area (Å²) in [5.41, 5.74) is 3.11. The van der Waals surface area contributed by atoms with Gasteiger partial charge in [0.1, 0.15) is 6.04 Å². The molecule has 5 heteroatoms. The quantitative estimate of drug-likeness (QED) is 0.567. The van der Waals surface area contributed by atoms with Gasteiger partial charge in [-0.3, -0.25) is 9.69 Å². The van der Waals surface area contributed by atoms with Crippen molar-refractivity contribution in [2.24, 2.45) is 0 Å². The Morgan fingerprint density at radius 3 is 1.94 bits per heavy atom. The molecule has 2 heterocycles. The molecule has 3 atom stereocenters. The van der Waals surface area contributed by atoms with E-state index in [1.165, 1.54) is 5.56 Å². The number of carboxylic acids is 1. The van der Waals surface area contributed by atoms with Crippen LogP contribution in [0, 0.1) is 0 Å². The van der Waals surface area contributed by atoms with E-state index in [9.17, 15) is 14.7 Å². The molecule has 0 radical (unpaired) electrons. The van der Waals surface area contributed by atoms with Crippen LogP contribution >= 0.6 is 0 Å². The number of carbonyl (C=O) groups is 2. The van der Waals surface area contributed by atoms with Crippen molar-refractivity contribution in [1.29, 1.82) is 0 Å². The number of hydrogen-bond acceptors (Lipinski definition) is 3. The van der Waals surface area contributed by atoms with E-state index < -0.39 is 17.9 Å². The van der Waals surface area contributed by atoms with Crippen LogP contribution in [-0.2, 0) is 9.59 Å². The highest BCUT2D eigenvalue weighted by Crippen LogP contribution is 2.34. The molecule has 0 unspecified atom stereocenters. The van der Waals surface area contributed by atoms with Gasteiger partial charge in [0, 0.05) is 19.1 Å². The summed E-state index contributed by atoms with van der Waals surface area (Å²) < 4.78 is 0. The first-order valence-electron chi connectivity index (χ1n) is 12.5. The molecule has 2 aliphatic heterocycles. The molecule has 1 amide bonds. The van der Waals surface area contributed by atoms with Crippen molar-refractivity contribution in [3.8, 4) is 0 Å². The maximum absolute atomic E-state index is 14.0. The summed E-state index contributed by atoms with van der Waals surface area (Å²) in [6.45, 7) is 2.31. The Balaban J connectivity index is 1.39. The number of benzene rings is 3. The van der Waals surface area contributed by atoms with Gasteiger partial charge in [0.2, 0.25) is 5.91 Å². The molecule has 180 valence electrons. The van der Waals surface area contributed by atoms with Crippen LogP contribution in [0.2, 0.25) is 0 Å². The average molecular weight is 469 g/mol. The zero-order valence-corrected chi connectivity index (χ0v) is 19.9. The lowest BCUT2D eigenvalue weighted by atomic mass is 9.89. The smallest absolute Gasteiger partial charge is 0.326 e. The summed E-state index contributed by atoms with van der Waals surface area (Å²) >= 11 is 0. The monoisotopic (exact) mass is 468 g/mol. The van der Waals surface area contributed by atoms with Crippen LogP contribution in [0.3, 0.4) is 0 Å². The Kier molecular flexibility index (Phi) is 6.96. The highest BCUT2D eigenvalue weighted by Gasteiger charge is 2.44. The molecule has 5 nitrogen and oxygen atoms in total. The van der Waals surface area contributed by atoms with E-state index in [2.05, 4.69) is 29.2 Å². The minimum Gasteiger partial charge on any atom is -0.480 e. The van der Waals surface area contributed by atoms with Gasteiger partial charge >= 0.3 is 5.97 Å². The maximum Gasteiger partial charge on any atom is 0.326 e. The average Bonchev–Trinajstić information content (AvgIpc) is 3.37. The molecule has 1 N–H and O–H groups in total. The lowest BCUT2D eigenvalue weighted by Gasteiger charge is -2.37. The van der Waals surface area contributed by atoms with E-state index >= 15 is 0 Å². The number of nitrogens with zero attached hydrogens (tertiary/aromatic N) is 2. The fourth-order valence-corrected chi connectivity index (χ4v) is 5.83. The normalized spacial score (nSPS) is 22.9. The lowest BCUT2D eigenvalue weighted by Crippen LogP contribution is -2.45. The number of likely N-dealkylation sites (tertiary alicyclic amines) is 2. The number of piperidine rings is 1. The van der Waals surface area contributed by atoms with Gasteiger partial charge in [0.05, 0.1) is 5.92 Å². The number of aliphatic carboxylic acids is 1. The number of carboxylic acid groups (broad SMARTS) is 1. The molecule has 2 fully saturated rings. The molecule has 35 heavy (non-hydrogen) atoms. The first-order valence-corrected chi connectivity index (χ1v) is 12.5. The predicted molar refractivity (Wildman–Crippen MR) is 136 cm³/mol. The highest BCUT2D eigenvalue weighted by molar-refractivity contribution is 5.91. The van der Waals surface area contributed by atoms with Gasteiger partial charge < -0.3 is 10.0 Å². The van der Waals surface area contributed by atoms with Crippen molar-refractivity contribution < 1.29 is 14.7 Å². The Morgan fingerprint density at radius 2 is 1.37 bits per heavy atom. The molecule has 0 bridgehead atoms. The fourth-order valence-electron chi connectivity index (χ4n) is 5.83. The van der Waals surface area contributed by atoms with Crippen LogP contribution in [0.1, 0.15) is 47.8 Å². The second-order valence-corrected chi connectivity index (χ2v) is 9.73. The van der Waals surface area contributed by atoms with E-state index in [0.717, 1.165) is 37.1 Å². The second-order valence-electron chi connectivity index (χ2n) is 9.73. The molecule has 0 spiro atoms. The predicted octanol–water partition coefficient (Wildman–Crippen LogP) is 4.75. The van der Waals surface area contributed by atoms with Gasteiger partial charge in [-0.25, -0.2) is 4.79 Å². The van der Waals surface area contributed by atoms with Gasteiger partial charge in [0.15, 0.2) is 0 Å². The van der Waals surface area contributed by atoms with Gasteiger partial charge in [0.25, 0.3) is 0 Å². The zero-order chi connectivity index (χ0) is 24.2. The molecule has 0 saturated carbocycles. The first kappa shape index (κ1) is 23.3. The Bertz CT molecular complexity index is 1100. The molecule has 3 aromatic carbocycles. The third-order valence-electron chi connectivity index (χ3n) is 7.60. The molecular formula is C30H32N2O3. The molecule has 0 aromatic heterocycles. The molecule has 3 aromatic rings. The van der Waals surface area contributed by atoms with E-state index in [1.807, 2.05) is 66.7 Å². The summed E-state index contributed by atoms with van der Waals surface area (Å²) in [5, 5.41) is 10.1. The molecule has 0 aliphatic carbocycles. The maximum atomic E-state index is 14.0. The highest BCUT2D eigenvalue weighted by atomic mass is 16.4. The third kappa shape index (κ3) is 5.01. The van der Waals surface area contributed by atoms with Crippen molar-refractivity contribution in [3.63, 3.8) is 0 Å². The molecule has 2 aliphatic rings. The topological polar surface area (TPSA) is 60.9 Å². The van der Waals surface area contributed by atoms with Crippen LogP contribution in [-0.4, -0.2) is 58.5 Å². The van der Waals surface area contributed by atoms with Crippen LogP contribution in [0.25, 0.3) is 0 Å². The number of carbonyl (C=O) groups excluding carboxylic acids is 1. The summed E-state index contributed by atoms with van der Waals surface area (Å²) in [6, 6.07) is 29.2. The van der Waals surface area contributed by atoms with E-state index in [-0.39, 0.29) is 11.9 Å². The number of amides is 1. The summed E-state index contributed by atoms with van der Waals surface area (Å²) in [4.78, 5) is 30.4. The standard InChI is InChI=1S/C30H32N2O3/c33-29(28(23-13-6-2-7-14-23)24-15-8-3-9-16-24)32-21-26(19-27(32)30(34)35)31-18-10-17-25(20-31)22-11-4-1-5-12-22/h1-9,11-16,25-28H,10,17-21H2,(H,34,35)/t25-,26-,27-/m1/s1. The largest absolute Gasteiger partial charge is 0.480 e. The fraction of sp³-hybridized carbons (Fsp3) is 0.333. The second kappa shape index (κ2) is 10.4. The van der Waals surface area contributed by atoms with Gasteiger partial charge in [-0.15, -0.1) is 0 Å². The van der Waals surface area contributed by atoms with E-state index in [0.29, 0.717) is 18.9 Å². The van der Waals surface area contributed by atoms with Gasteiger partial charge in [-0.1, -0.05) is 91.0 Å². The van der Waals surface area contributed by atoms with Crippen molar-refractivity contribution in [2.45, 2.75) is 43.2 Å². The van der Waals surface area contributed by atoms with Crippen molar-refractivity contribution in [3.05, 3.63) is 108 Å². The molecule has 2 saturated heterocycles. The Hall–Kier alpha value is -3.44. The van der Waals surface area contributed by atoms with Crippen molar-refractivity contribution in [2.75, 3.05) is 19.6 Å². The van der Waals surface area contributed by atoms with Crippen LogP contribution < -0.4 is 0 Å². The lowest BCUT2D eigenvalue weighted by molar-refractivity contribution is -0.148. The number of rotatable bonds is 6. The van der Waals surface area contributed by atoms with Crippen molar-refractivity contribution in [1.82, 2.24) is 9.80 Å². The van der Waals surface area contributed by atoms with Crippen LogP contribution in [0.4, 0.5) is 0 Å². The third-order valence-corrected chi connectivity index (χ3v) is 7.60. The van der Waals surface area contributed by atoms with Crippen LogP contribution in [0.5, 0.6) is 0 Å². The van der Waals surface area contributed by atoms with E-state index in [4.69, 9.17) is 0 Å².